The Bertz CT molecular complexity index is 1410. The molecule has 11 heteroatoms. The van der Waals surface area contributed by atoms with Gasteiger partial charge in [-0.1, -0.05) is 0 Å². The van der Waals surface area contributed by atoms with E-state index >= 15 is 0 Å². The highest BCUT2D eigenvalue weighted by Gasteiger charge is 2.21. The van der Waals surface area contributed by atoms with Crippen LogP contribution in [0.5, 0.6) is 11.5 Å². The van der Waals surface area contributed by atoms with Crippen molar-refractivity contribution in [2.75, 3.05) is 18.5 Å². The van der Waals surface area contributed by atoms with E-state index in [0.29, 0.717) is 57.8 Å². The summed E-state index contributed by atoms with van der Waals surface area (Å²) in [7, 11) is 0. The third-order valence-corrected chi connectivity index (χ3v) is 6.07. The van der Waals surface area contributed by atoms with Crippen molar-refractivity contribution in [1.29, 1.82) is 0 Å². The monoisotopic (exact) mass is 478 g/mol. The van der Waals surface area contributed by atoms with Gasteiger partial charge in [0.2, 0.25) is 5.91 Å². The average molecular weight is 479 g/mol. The number of primary amides is 1. The first kappa shape index (κ1) is 21.8. The van der Waals surface area contributed by atoms with Gasteiger partial charge in [0.25, 0.3) is 5.91 Å². The Labute approximate surface area is 198 Å². The number of carbonyl (C=O) groups excluding carboxylic acids is 2. The molecular weight excluding hydrogens is 456 g/mol. The normalized spacial score (nSPS) is 12.8. The van der Waals surface area contributed by atoms with Crippen LogP contribution in [0.1, 0.15) is 35.9 Å². The summed E-state index contributed by atoms with van der Waals surface area (Å²) in [5, 5.41) is 9.97. The van der Waals surface area contributed by atoms with Crippen molar-refractivity contribution in [3.63, 3.8) is 0 Å². The minimum Gasteiger partial charge on any atom is -0.486 e. The van der Waals surface area contributed by atoms with Gasteiger partial charge < -0.3 is 15.2 Å². The summed E-state index contributed by atoms with van der Waals surface area (Å²) >= 11 is 1.23. The Morgan fingerprint density at radius 2 is 1.97 bits per heavy atom. The zero-order chi connectivity index (χ0) is 23.8. The highest BCUT2D eigenvalue weighted by Crippen LogP contribution is 2.35. The molecule has 10 nitrogen and oxygen atoms in total. The molecule has 0 saturated heterocycles. The van der Waals surface area contributed by atoms with Crippen molar-refractivity contribution in [2.45, 2.75) is 26.3 Å². The molecule has 5 rings (SSSR count). The molecule has 0 radical (unpaired) electrons. The number of ether oxygens (including phenoxy) is 2. The maximum atomic E-state index is 13.3. The van der Waals surface area contributed by atoms with Gasteiger partial charge in [-0.2, -0.15) is 5.10 Å². The van der Waals surface area contributed by atoms with E-state index in [9.17, 15) is 9.59 Å². The molecule has 0 fully saturated rings. The topological polar surface area (TPSA) is 134 Å². The van der Waals surface area contributed by atoms with E-state index in [1.54, 1.807) is 22.3 Å². The van der Waals surface area contributed by atoms with Crippen molar-refractivity contribution in [3.8, 4) is 22.8 Å². The van der Waals surface area contributed by atoms with Gasteiger partial charge in [-0.05, 0) is 38.1 Å². The van der Waals surface area contributed by atoms with Crippen LogP contribution in [0.4, 0.5) is 5.13 Å². The molecule has 0 atom stereocenters. The van der Waals surface area contributed by atoms with E-state index in [1.807, 2.05) is 32.0 Å². The number of amides is 2. The van der Waals surface area contributed by atoms with E-state index in [2.05, 4.69) is 15.4 Å². The second kappa shape index (κ2) is 8.75. The van der Waals surface area contributed by atoms with Crippen LogP contribution in [-0.4, -0.2) is 44.8 Å². The van der Waals surface area contributed by atoms with Crippen LogP contribution in [0.15, 0.2) is 35.8 Å². The molecule has 3 aromatic heterocycles. The van der Waals surface area contributed by atoms with Crippen LogP contribution < -0.4 is 20.5 Å². The SMILES string of the molecule is CC(C)n1ncc2c(C(=O)Nc3nc(CC(N)=O)cs3)cc(-c3ccc4c(c3)OCCO4)nc21. The van der Waals surface area contributed by atoms with Crippen molar-refractivity contribution in [2.24, 2.45) is 5.73 Å². The number of nitrogens with two attached hydrogens (primary N) is 1. The minimum absolute atomic E-state index is 0.0152. The molecule has 1 aliphatic heterocycles. The number of fused-ring (bicyclic) bond motifs is 2. The molecule has 34 heavy (non-hydrogen) atoms. The van der Waals surface area contributed by atoms with Gasteiger partial charge in [-0.3, -0.25) is 14.9 Å². The van der Waals surface area contributed by atoms with Gasteiger partial charge in [-0.15, -0.1) is 11.3 Å². The molecule has 3 N–H and O–H groups in total. The van der Waals surface area contributed by atoms with E-state index in [-0.39, 0.29) is 18.4 Å². The lowest BCUT2D eigenvalue weighted by Gasteiger charge is -2.19. The number of nitrogens with one attached hydrogen (secondary N) is 1. The lowest BCUT2D eigenvalue weighted by molar-refractivity contribution is -0.117. The number of rotatable bonds is 6. The van der Waals surface area contributed by atoms with Gasteiger partial charge in [-0.25, -0.2) is 14.6 Å². The molecule has 2 amide bonds. The van der Waals surface area contributed by atoms with Crippen LogP contribution in [0.2, 0.25) is 0 Å². The van der Waals surface area contributed by atoms with Crippen molar-refractivity contribution >= 4 is 39.3 Å². The second-order valence-electron chi connectivity index (χ2n) is 8.07. The van der Waals surface area contributed by atoms with Crippen LogP contribution in [0, 0.1) is 0 Å². The molecule has 174 valence electrons. The molecule has 0 bridgehead atoms. The smallest absolute Gasteiger partial charge is 0.258 e. The Morgan fingerprint density at radius 1 is 1.18 bits per heavy atom. The fraction of sp³-hybridized carbons (Fsp3) is 0.261. The van der Waals surface area contributed by atoms with Crippen LogP contribution in [0.3, 0.4) is 0 Å². The first-order valence-electron chi connectivity index (χ1n) is 10.7. The van der Waals surface area contributed by atoms with Gasteiger partial charge in [0.05, 0.1) is 35.0 Å². The zero-order valence-electron chi connectivity index (χ0n) is 18.6. The second-order valence-corrected chi connectivity index (χ2v) is 8.93. The van der Waals surface area contributed by atoms with E-state index in [0.717, 1.165) is 5.56 Å². The Kier molecular flexibility index (Phi) is 5.62. The fourth-order valence-corrected chi connectivity index (χ4v) is 4.43. The van der Waals surface area contributed by atoms with Gasteiger partial charge in [0.1, 0.15) is 13.2 Å². The molecule has 1 aromatic carbocycles. The number of benzene rings is 1. The van der Waals surface area contributed by atoms with Gasteiger partial charge in [0.15, 0.2) is 22.3 Å². The molecule has 0 spiro atoms. The van der Waals surface area contributed by atoms with E-state index < -0.39 is 5.91 Å². The standard InChI is InChI=1S/C23H22N6O4S/c1-12(2)29-21-16(10-25-29)15(22(31)28-23-26-14(11-34-23)8-20(24)30)9-17(27-21)13-3-4-18-19(7-13)33-6-5-32-18/h3-4,7,9-12H,5-6,8H2,1-2H3,(H2,24,30)(H,26,28,31). The lowest BCUT2D eigenvalue weighted by Crippen LogP contribution is -2.15. The Morgan fingerprint density at radius 3 is 2.74 bits per heavy atom. The number of aromatic nitrogens is 4. The number of hydrogen-bond donors (Lipinski definition) is 2. The highest BCUT2D eigenvalue weighted by atomic mass is 32.1. The number of carbonyl (C=O) groups is 2. The van der Waals surface area contributed by atoms with Crippen molar-refractivity contribution < 1.29 is 19.1 Å². The predicted octanol–water partition coefficient (Wildman–Crippen LogP) is 3.19. The van der Waals surface area contributed by atoms with E-state index in [4.69, 9.17) is 20.2 Å². The largest absolute Gasteiger partial charge is 0.486 e. The molecule has 0 unspecified atom stereocenters. The number of hydrogen-bond acceptors (Lipinski definition) is 8. The van der Waals surface area contributed by atoms with Crippen LogP contribution in [0.25, 0.3) is 22.3 Å². The summed E-state index contributed by atoms with van der Waals surface area (Å²) in [4.78, 5) is 33.6. The molecule has 0 aliphatic carbocycles. The molecule has 1 aliphatic rings. The third-order valence-electron chi connectivity index (χ3n) is 5.27. The van der Waals surface area contributed by atoms with E-state index in [1.165, 1.54) is 11.3 Å². The number of anilines is 1. The summed E-state index contributed by atoms with van der Waals surface area (Å²) in [6, 6.07) is 7.36. The maximum absolute atomic E-state index is 13.3. The summed E-state index contributed by atoms with van der Waals surface area (Å²) in [5.41, 5.74) is 8.14. The molecular formula is C23H22N6O4S. The van der Waals surface area contributed by atoms with Crippen molar-refractivity contribution in [1.82, 2.24) is 19.7 Å². The summed E-state index contributed by atoms with van der Waals surface area (Å²) in [6.07, 6.45) is 1.66. The highest BCUT2D eigenvalue weighted by molar-refractivity contribution is 7.14. The first-order valence-corrected chi connectivity index (χ1v) is 11.6. The summed E-state index contributed by atoms with van der Waals surface area (Å²) < 4.78 is 13.1. The van der Waals surface area contributed by atoms with Crippen molar-refractivity contribution in [3.05, 3.63) is 47.1 Å². The third kappa shape index (κ3) is 4.17. The maximum Gasteiger partial charge on any atom is 0.258 e. The van der Waals surface area contributed by atoms with Crippen LogP contribution in [-0.2, 0) is 11.2 Å². The number of pyridine rings is 1. The Hall–Kier alpha value is -3.99. The summed E-state index contributed by atoms with van der Waals surface area (Å²) in [6.45, 7) is 4.98. The molecule has 0 saturated carbocycles. The lowest BCUT2D eigenvalue weighted by atomic mass is 10.1. The molecule has 4 aromatic rings. The Balaban J connectivity index is 1.56. The fourth-order valence-electron chi connectivity index (χ4n) is 3.72. The van der Waals surface area contributed by atoms with Gasteiger partial charge >= 0.3 is 0 Å². The number of thiazole rings is 1. The minimum atomic E-state index is -0.482. The zero-order valence-corrected chi connectivity index (χ0v) is 19.4. The summed E-state index contributed by atoms with van der Waals surface area (Å²) in [5.74, 6) is 0.481. The number of nitrogens with zero attached hydrogens (tertiary/aromatic N) is 4. The average Bonchev–Trinajstić information content (AvgIpc) is 3.44. The van der Waals surface area contributed by atoms with Gasteiger partial charge in [0, 0.05) is 17.0 Å². The van der Waals surface area contributed by atoms with Crippen LogP contribution >= 0.6 is 11.3 Å². The molecule has 4 heterocycles. The predicted molar refractivity (Wildman–Crippen MR) is 127 cm³/mol. The first-order chi connectivity index (χ1) is 16.4. The quantitative estimate of drug-likeness (QED) is 0.435.